The van der Waals surface area contributed by atoms with Crippen molar-refractivity contribution in [3.05, 3.63) is 0 Å². The van der Waals surface area contributed by atoms with Gasteiger partial charge in [-0.15, -0.1) is 0 Å². The summed E-state index contributed by atoms with van der Waals surface area (Å²) >= 11 is 0. The first-order valence-corrected chi connectivity index (χ1v) is 6.97. The highest BCUT2D eigenvalue weighted by molar-refractivity contribution is 5.91. The van der Waals surface area contributed by atoms with E-state index in [-0.39, 0.29) is 11.8 Å². The van der Waals surface area contributed by atoms with Gasteiger partial charge in [0.1, 0.15) is 11.5 Å². The topological polar surface area (TPSA) is 82.0 Å². The minimum Gasteiger partial charge on any atom is -0.355 e. The first-order chi connectivity index (χ1) is 8.97. The summed E-state index contributed by atoms with van der Waals surface area (Å²) in [7, 11) is 0. The Labute approximate surface area is 115 Å². The fourth-order valence-corrected chi connectivity index (χ4v) is 2.10. The molecule has 0 spiro atoms. The number of nitrogens with one attached hydrogen (secondary N) is 2. The lowest BCUT2D eigenvalue weighted by Crippen LogP contribution is -2.50. The fraction of sp³-hybridized carbons (Fsp3) is 0.786. The molecule has 0 fully saturated rings. The van der Waals surface area contributed by atoms with Crippen molar-refractivity contribution >= 4 is 11.8 Å². The van der Waals surface area contributed by atoms with E-state index in [1.165, 1.54) is 0 Å². The summed E-state index contributed by atoms with van der Waals surface area (Å²) in [6.45, 7) is 7.86. The van der Waals surface area contributed by atoms with Crippen molar-refractivity contribution in [3.63, 3.8) is 0 Å². The van der Waals surface area contributed by atoms with Gasteiger partial charge in [-0.3, -0.25) is 9.59 Å². The number of nitriles is 1. The lowest BCUT2D eigenvalue weighted by Gasteiger charge is -2.26. The van der Waals surface area contributed by atoms with Crippen LogP contribution in [0.3, 0.4) is 0 Å². The summed E-state index contributed by atoms with van der Waals surface area (Å²) in [6, 6.07) is 1.53. The van der Waals surface area contributed by atoms with Crippen LogP contribution in [0.4, 0.5) is 0 Å². The van der Waals surface area contributed by atoms with E-state index in [0.29, 0.717) is 19.4 Å². The fourth-order valence-electron chi connectivity index (χ4n) is 2.10. The second-order valence-electron chi connectivity index (χ2n) is 4.78. The maximum atomic E-state index is 12.3. The summed E-state index contributed by atoms with van der Waals surface area (Å²) in [5, 5.41) is 14.7. The Morgan fingerprint density at radius 1 is 1.21 bits per heavy atom. The molecule has 2 N–H and O–H groups in total. The van der Waals surface area contributed by atoms with Gasteiger partial charge in [0.15, 0.2) is 0 Å². The summed E-state index contributed by atoms with van der Waals surface area (Å²) in [4.78, 5) is 23.9. The minimum absolute atomic E-state index is 0.226. The Hall–Kier alpha value is -1.57. The van der Waals surface area contributed by atoms with Gasteiger partial charge < -0.3 is 10.6 Å². The quantitative estimate of drug-likeness (QED) is 0.702. The molecule has 0 rings (SSSR count). The second-order valence-corrected chi connectivity index (χ2v) is 4.78. The van der Waals surface area contributed by atoms with Crippen LogP contribution in [0.25, 0.3) is 0 Å². The summed E-state index contributed by atoms with van der Waals surface area (Å²) < 4.78 is 0. The number of carbonyl (C=O) groups is 2. The summed E-state index contributed by atoms with van der Waals surface area (Å²) in [6.07, 6.45) is 2.56. The first kappa shape index (κ1) is 17.4. The zero-order valence-corrected chi connectivity index (χ0v) is 12.4. The van der Waals surface area contributed by atoms with E-state index in [9.17, 15) is 14.9 Å². The van der Waals surface area contributed by atoms with Gasteiger partial charge in [0.05, 0.1) is 6.07 Å². The maximum Gasteiger partial charge on any atom is 0.242 e. The molecular formula is C14H25N3O2. The van der Waals surface area contributed by atoms with Crippen LogP contribution in [0.2, 0.25) is 0 Å². The van der Waals surface area contributed by atoms with Crippen molar-refractivity contribution in [3.8, 4) is 6.07 Å². The molecule has 0 aliphatic heterocycles. The molecule has 0 aliphatic carbocycles. The van der Waals surface area contributed by atoms with Gasteiger partial charge in [-0.1, -0.05) is 26.7 Å². The number of amides is 2. The Morgan fingerprint density at radius 3 is 2.11 bits per heavy atom. The number of hydrogen-bond donors (Lipinski definition) is 2. The molecule has 0 aromatic rings. The molecular weight excluding hydrogens is 242 g/mol. The molecule has 1 atom stereocenters. The Balaban J connectivity index is 4.83. The highest BCUT2D eigenvalue weighted by atomic mass is 16.2. The molecule has 19 heavy (non-hydrogen) atoms. The van der Waals surface area contributed by atoms with Crippen molar-refractivity contribution in [1.82, 2.24) is 10.6 Å². The van der Waals surface area contributed by atoms with Crippen LogP contribution < -0.4 is 10.6 Å². The van der Waals surface area contributed by atoms with Crippen LogP contribution in [0.1, 0.15) is 53.4 Å². The summed E-state index contributed by atoms with van der Waals surface area (Å²) in [5.74, 6) is -0.562. The zero-order valence-electron chi connectivity index (χ0n) is 12.4. The van der Waals surface area contributed by atoms with E-state index >= 15 is 0 Å². The standard InChI is InChI=1S/C14H25N3O2/c1-5-8-14(10-15,9-6-2)13(19)17-11(4)12(18)16-7-3/h11H,5-9H2,1-4H3,(H,16,18)(H,17,19). The van der Waals surface area contributed by atoms with Crippen molar-refractivity contribution in [2.24, 2.45) is 5.41 Å². The SMILES string of the molecule is CCCC(C#N)(CCC)C(=O)NC(C)C(=O)NCC. The van der Waals surface area contributed by atoms with Crippen LogP contribution in [-0.4, -0.2) is 24.4 Å². The summed E-state index contributed by atoms with van der Waals surface area (Å²) in [5.41, 5.74) is -1.01. The second kappa shape index (κ2) is 8.52. The average Bonchev–Trinajstić information content (AvgIpc) is 2.38. The Morgan fingerprint density at radius 2 is 1.74 bits per heavy atom. The van der Waals surface area contributed by atoms with Crippen LogP contribution in [0.15, 0.2) is 0 Å². The number of hydrogen-bond acceptors (Lipinski definition) is 3. The van der Waals surface area contributed by atoms with E-state index in [1.807, 2.05) is 20.8 Å². The van der Waals surface area contributed by atoms with Crippen LogP contribution in [0, 0.1) is 16.7 Å². The molecule has 108 valence electrons. The highest BCUT2D eigenvalue weighted by Gasteiger charge is 2.38. The molecule has 0 heterocycles. The van der Waals surface area contributed by atoms with Crippen LogP contribution in [-0.2, 0) is 9.59 Å². The van der Waals surface area contributed by atoms with Crippen LogP contribution in [0.5, 0.6) is 0 Å². The molecule has 5 nitrogen and oxygen atoms in total. The third kappa shape index (κ3) is 4.90. The molecule has 0 aromatic carbocycles. The molecule has 2 amide bonds. The van der Waals surface area contributed by atoms with Crippen molar-refractivity contribution in [1.29, 1.82) is 5.26 Å². The Bertz CT molecular complexity index is 341. The van der Waals surface area contributed by atoms with E-state index < -0.39 is 11.5 Å². The van der Waals surface area contributed by atoms with Crippen molar-refractivity contribution in [2.45, 2.75) is 59.4 Å². The molecule has 0 bridgehead atoms. The van der Waals surface area contributed by atoms with Crippen LogP contribution >= 0.6 is 0 Å². The van der Waals surface area contributed by atoms with E-state index in [1.54, 1.807) is 6.92 Å². The molecule has 0 aromatic heterocycles. The minimum atomic E-state index is -1.01. The van der Waals surface area contributed by atoms with Crippen molar-refractivity contribution in [2.75, 3.05) is 6.54 Å². The number of nitrogens with zero attached hydrogens (tertiary/aromatic N) is 1. The third-order valence-corrected chi connectivity index (χ3v) is 3.09. The monoisotopic (exact) mass is 267 g/mol. The number of rotatable bonds is 8. The largest absolute Gasteiger partial charge is 0.355 e. The normalized spacial score (nSPS) is 12.4. The molecule has 0 saturated heterocycles. The highest BCUT2D eigenvalue weighted by Crippen LogP contribution is 2.29. The van der Waals surface area contributed by atoms with Gasteiger partial charge in [-0.05, 0) is 26.7 Å². The zero-order chi connectivity index (χ0) is 14.9. The van der Waals surface area contributed by atoms with E-state index in [0.717, 1.165) is 12.8 Å². The van der Waals surface area contributed by atoms with Crippen molar-refractivity contribution < 1.29 is 9.59 Å². The lowest BCUT2D eigenvalue weighted by molar-refractivity contribution is -0.133. The molecule has 0 aliphatic rings. The van der Waals surface area contributed by atoms with E-state index in [2.05, 4.69) is 16.7 Å². The maximum absolute atomic E-state index is 12.3. The van der Waals surface area contributed by atoms with Gasteiger partial charge in [-0.2, -0.15) is 5.26 Å². The van der Waals surface area contributed by atoms with Gasteiger partial charge >= 0.3 is 0 Å². The average molecular weight is 267 g/mol. The molecule has 0 radical (unpaired) electrons. The van der Waals surface area contributed by atoms with Gasteiger partial charge in [0.25, 0.3) is 0 Å². The van der Waals surface area contributed by atoms with E-state index in [4.69, 9.17) is 0 Å². The molecule has 1 unspecified atom stereocenters. The first-order valence-electron chi connectivity index (χ1n) is 6.97. The lowest BCUT2D eigenvalue weighted by atomic mass is 9.79. The Kier molecular flexibility index (Phi) is 7.81. The molecule has 5 heteroatoms. The predicted octanol–water partition coefficient (Wildman–Crippen LogP) is 1.74. The third-order valence-electron chi connectivity index (χ3n) is 3.09. The number of likely N-dealkylation sites (N-methyl/N-ethyl adjacent to an activating group) is 1. The number of carbonyl (C=O) groups excluding carboxylic acids is 2. The van der Waals surface area contributed by atoms with Gasteiger partial charge in [0, 0.05) is 6.54 Å². The van der Waals surface area contributed by atoms with Gasteiger partial charge in [-0.25, -0.2) is 0 Å². The van der Waals surface area contributed by atoms with Gasteiger partial charge in [0.2, 0.25) is 11.8 Å². The molecule has 0 saturated carbocycles. The smallest absolute Gasteiger partial charge is 0.242 e. The predicted molar refractivity (Wildman–Crippen MR) is 74.2 cm³/mol.